The van der Waals surface area contributed by atoms with Gasteiger partial charge in [-0.05, 0) is 25.7 Å². The van der Waals surface area contributed by atoms with Crippen LogP contribution in [0.2, 0.25) is 0 Å². The van der Waals surface area contributed by atoms with E-state index in [4.69, 9.17) is 4.52 Å². The van der Waals surface area contributed by atoms with E-state index >= 15 is 0 Å². The zero-order chi connectivity index (χ0) is 17.2. The summed E-state index contributed by atoms with van der Waals surface area (Å²) in [5, 5.41) is 6.58. The molecule has 2 aliphatic rings. The summed E-state index contributed by atoms with van der Waals surface area (Å²) in [6.07, 6.45) is 8.45. The number of nitrogens with one attached hydrogen (secondary N) is 1. The van der Waals surface area contributed by atoms with Crippen molar-refractivity contribution in [2.75, 3.05) is 6.54 Å². The molecule has 0 aromatic carbocycles. The lowest BCUT2D eigenvalue weighted by Crippen LogP contribution is -2.31. The molecule has 0 spiro atoms. The van der Waals surface area contributed by atoms with Gasteiger partial charge in [0.1, 0.15) is 5.76 Å². The Balaban J connectivity index is 1.31. The van der Waals surface area contributed by atoms with Crippen LogP contribution in [0, 0.1) is 0 Å². The second kappa shape index (κ2) is 6.82. The third-order valence-corrected chi connectivity index (χ3v) is 5.05. The molecule has 0 aliphatic heterocycles. The van der Waals surface area contributed by atoms with Crippen molar-refractivity contribution in [3.05, 3.63) is 46.0 Å². The van der Waals surface area contributed by atoms with Crippen molar-refractivity contribution >= 4 is 5.91 Å². The Labute approximate surface area is 145 Å². The Bertz CT molecular complexity index is 816. The number of amides is 1. The van der Waals surface area contributed by atoms with Gasteiger partial charge in [-0.1, -0.05) is 18.0 Å². The molecule has 0 atom stereocenters. The van der Waals surface area contributed by atoms with Gasteiger partial charge in [0.25, 0.3) is 11.5 Å². The Hall–Kier alpha value is -2.44. The smallest absolute Gasteiger partial charge is 0.273 e. The Morgan fingerprint density at radius 3 is 2.72 bits per heavy atom. The van der Waals surface area contributed by atoms with E-state index in [-0.39, 0.29) is 11.5 Å². The summed E-state index contributed by atoms with van der Waals surface area (Å²) in [7, 11) is 0. The fourth-order valence-corrected chi connectivity index (χ4v) is 3.39. The summed E-state index contributed by atoms with van der Waals surface area (Å²) < 4.78 is 6.70. The number of hydrogen-bond donors (Lipinski definition) is 1. The average molecular weight is 342 g/mol. The highest BCUT2D eigenvalue weighted by atomic mass is 16.5. The van der Waals surface area contributed by atoms with Crippen LogP contribution < -0.4 is 10.9 Å². The predicted molar refractivity (Wildman–Crippen MR) is 90.5 cm³/mol. The second-order valence-electron chi connectivity index (χ2n) is 6.97. The third kappa shape index (κ3) is 3.65. The van der Waals surface area contributed by atoms with Crippen molar-refractivity contribution < 1.29 is 9.32 Å². The quantitative estimate of drug-likeness (QED) is 0.869. The highest BCUT2D eigenvalue weighted by Gasteiger charge is 2.28. The molecule has 7 heteroatoms. The molecule has 2 aromatic rings. The van der Waals surface area contributed by atoms with Gasteiger partial charge in [0.2, 0.25) is 0 Å². The molecule has 1 amide bonds. The minimum atomic E-state index is -0.278. The van der Waals surface area contributed by atoms with Crippen LogP contribution in [0.5, 0.6) is 0 Å². The Morgan fingerprint density at radius 2 is 2.00 bits per heavy atom. The van der Waals surface area contributed by atoms with E-state index in [1.54, 1.807) is 18.5 Å². The van der Waals surface area contributed by atoms with E-state index in [2.05, 4.69) is 15.5 Å². The van der Waals surface area contributed by atoms with Crippen molar-refractivity contribution in [2.24, 2.45) is 0 Å². The predicted octanol–water partition coefficient (Wildman–Crippen LogP) is 2.20. The lowest BCUT2D eigenvalue weighted by atomic mass is 10.0. The zero-order valence-electron chi connectivity index (χ0n) is 14.1. The first-order valence-corrected chi connectivity index (χ1v) is 9.02. The first-order valence-electron chi connectivity index (χ1n) is 9.02. The summed E-state index contributed by atoms with van der Waals surface area (Å²) in [5.41, 5.74) is 1.13. The fraction of sp³-hybridized carbons (Fsp3) is 0.556. The van der Waals surface area contributed by atoms with Crippen LogP contribution in [-0.4, -0.2) is 27.2 Å². The van der Waals surface area contributed by atoms with Crippen LogP contribution in [0.4, 0.5) is 0 Å². The monoisotopic (exact) mass is 342 g/mol. The number of hydrogen-bond acceptors (Lipinski definition) is 5. The largest absolute Gasteiger partial charge is 0.360 e. The normalized spacial score (nSPS) is 17.8. The summed E-state index contributed by atoms with van der Waals surface area (Å²) >= 11 is 0. The van der Waals surface area contributed by atoms with E-state index in [0.717, 1.165) is 37.1 Å². The van der Waals surface area contributed by atoms with Gasteiger partial charge in [-0.2, -0.15) is 0 Å². The van der Waals surface area contributed by atoms with Crippen molar-refractivity contribution in [1.29, 1.82) is 0 Å². The molecule has 7 nitrogen and oxygen atoms in total. The van der Waals surface area contributed by atoms with Crippen molar-refractivity contribution in [3.8, 4) is 0 Å². The van der Waals surface area contributed by atoms with Crippen LogP contribution in [0.3, 0.4) is 0 Å². The van der Waals surface area contributed by atoms with Crippen LogP contribution in [0.15, 0.2) is 27.8 Å². The lowest BCUT2D eigenvalue weighted by molar-refractivity contribution is 0.0943. The molecule has 2 aliphatic carbocycles. The SMILES string of the molecule is O=C(NCCn1cnc(C2CCCC2)cc1=O)c1cc(C2CC2)on1. The van der Waals surface area contributed by atoms with E-state index in [0.29, 0.717) is 30.6 Å². The molecule has 4 rings (SSSR count). The van der Waals surface area contributed by atoms with Gasteiger partial charge in [0.05, 0.1) is 12.0 Å². The lowest BCUT2D eigenvalue weighted by Gasteiger charge is -2.10. The standard InChI is InChI=1S/C18H22N4O3/c23-17-10-14(12-3-1-2-4-12)20-11-22(17)8-7-19-18(24)15-9-16(25-21-15)13-5-6-13/h9-13H,1-8H2,(H,19,24). The first-order chi connectivity index (χ1) is 12.2. The zero-order valence-corrected chi connectivity index (χ0v) is 14.1. The number of aromatic nitrogens is 3. The van der Waals surface area contributed by atoms with Crippen molar-refractivity contribution in [2.45, 2.75) is 56.9 Å². The van der Waals surface area contributed by atoms with Gasteiger partial charge >= 0.3 is 0 Å². The first kappa shape index (κ1) is 16.1. The topological polar surface area (TPSA) is 90.0 Å². The van der Waals surface area contributed by atoms with E-state index in [1.807, 2.05) is 0 Å². The molecular formula is C18H22N4O3. The molecule has 2 fully saturated rings. The van der Waals surface area contributed by atoms with Crippen LogP contribution in [0.25, 0.3) is 0 Å². The molecule has 0 radical (unpaired) electrons. The summed E-state index contributed by atoms with van der Waals surface area (Å²) in [6, 6.07) is 3.34. The average Bonchev–Trinajstić information content (AvgIpc) is 3.13. The van der Waals surface area contributed by atoms with E-state index in [9.17, 15) is 9.59 Å². The molecule has 2 aromatic heterocycles. The Kier molecular flexibility index (Phi) is 4.38. The molecule has 132 valence electrons. The van der Waals surface area contributed by atoms with E-state index in [1.165, 1.54) is 17.4 Å². The summed E-state index contributed by atoms with van der Waals surface area (Å²) in [4.78, 5) is 28.7. The van der Waals surface area contributed by atoms with Gasteiger partial charge < -0.3 is 9.84 Å². The maximum atomic E-state index is 12.2. The van der Waals surface area contributed by atoms with Crippen molar-refractivity contribution in [1.82, 2.24) is 20.0 Å². The van der Waals surface area contributed by atoms with Gasteiger partial charge in [-0.15, -0.1) is 0 Å². The fourth-order valence-electron chi connectivity index (χ4n) is 3.39. The molecule has 0 bridgehead atoms. The molecule has 1 N–H and O–H groups in total. The van der Waals surface area contributed by atoms with Crippen LogP contribution in [0.1, 0.15) is 72.3 Å². The minimum absolute atomic E-state index is 0.0661. The van der Waals surface area contributed by atoms with E-state index < -0.39 is 0 Å². The number of carbonyl (C=O) groups is 1. The maximum absolute atomic E-state index is 12.2. The Morgan fingerprint density at radius 1 is 1.20 bits per heavy atom. The summed E-state index contributed by atoms with van der Waals surface area (Å²) in [6.45, 7) is 0.727. The third-order valence-electron chi connectivity index (χ3n) is 5.05. The highest BCUT2D eigenvalue weighted by molar-refractivity contribution is 5.92. The van der Waals surface area contributed by atoms with Crippen LogP contribution in [-0.2, 0) is 6.54 Å². The van der Waals surface area contributed by atoms with Gasteiger partial charge in [0, 0.05) is 37.1 Å². The highest BCUT2D eigenvalue weighted by Crippen LogP contribution is 2.40. The van der Waals surface area contributed by atoms with Crippen LogP contribution >= 0.6 is 0 Å². The molecule has 0 unspecified atom stereocenters. The molecule has 25 heavy (non-hydrogen) atoms. The molecule has 0 saturated heterocycles. The maximum Gasteiger partial charge on any atom is 0.273 e. The number of carbonyl (C=O) groups excluding carboxylic acids is 1. The summed E-state index contributed by atoms with van der Waals surface area (Å²) in [5.74, 6) is 1.36. The molecular weight excluding hydrogens is 320 g/mol. The molecule has 2 heterocycles. The van der Waals surface area contributed by atoms with Crippen molar-refractivity contribution in [3.63, 3.8) is 0 Å². The molecule has 2 saturated carbocycles. The second-order valence-corrected chi connectivity index (χ2v) is 6.97. The number of nitrogens with zero attached hydrogens (tertiary/aromatic N) is 3. The number of rotatable bonds is 6. The van der Waals surface area contributed by atoms with Gasteiger partial charge in [-0.3, -0.25) is 14.2 Å². The van der Waals surface area contributed by atoms with Gasteiger partial charge in [0.15, 0.2) is 5.69 Å². The minimum Gasteiger partial charge on any atom is -0.360 e. The van der Waals surface area contributed by atoms with Gasteiger partial charge in [-0.25, -0.2) is 4.98 Å².